The van der Waals surface area contributed by atoms with Crippen LogP contribution in [0.5, 0.6) is 0 Å². The summed E-state index contributed by atoms with van der Waals surface area (Å²) in [6.07, 6.45) is 1.30. The van der Waals surface area contributed by atoms with Crippen LogP contribution in [0.1, 0.15) is 20.8 Å². The average molecular weight is 560 g/mol. The van der Waals surface area contributed by atoms with E-state index in [9.17, 15) is 9.59 Å². The molecule has 5 rings (SSSR count). The topological polar surface area (TPSA) is 121 Å². The SMILES string of the molecule is CC(C)(C)OC(=O)N1CCN[C@@H](C(=O)Nc2ccc(-c3ccnc(Nc4ccc(N5CCOCC5)cc4)n3)cc2)C1. The molecule has 0 radical (unpaired) electrons. The molecule has 0 spiro atoms. The molecule has 2 amide bonds. The molecule has 0 saturated carbocycles. The van der Waals surface area contributed by atoms with Crippen molar-refractivity contribution in [2.24, 2.45) is 0 Å². The third-order valence-electron chi connectivity index (χ3n) is 6.75. The summed E-state index contributed by atoms with van der Waals surface area (Å²) in [6.45, 7) is 10.0. The maximum absolute atomic E-state index is 12.9. The summed E-state index contributed by atoms with van der Waals surface area (Å²) in [5.74, 6) is 0.288. The van der Waals surface area contributed by atoms with Crippen LogP contribution >= 0.6 is 0 Å². The second kappa shape index (κ2) is 12.5. The van der Waals surface area contributed by atoms with Gasteiger partial charge in [0.1, 0.15) is 11.6 Å². The first-order chi connectivity index (χ1) is 19.7. The van der Waals surface area contributed by atoms with Crippen molar-refractivity contribution in [1.82, 2.24) is 20.2 Å². The number of aromatic nitrogens is 2. The fourth-order valence-corrected chi connectivity index (χ4v) is 4.66. The van der Waals surface area contributed by atoms with Gasteiger partial charge in [-0.1, -0.05) is 12.1 Å². The van der Waals surface area contributed by atoms with E-state index in [1.165, 1.54) is 5.69 Å². The minimum Gasteiger partial charge on any atom is -0.444 e. The Bertz CT molecular complexity index is 1340. The highest BCUT2D eigenvalue weighted by atomic mass is 16.6. The maximum atomic E-state index is 12.9. The minimum absolute atomic E-state index is 0.209. The largest absolute Gasteiger partial charge is 0.444 e. The number of nitrogens with zero attached hydrogens (tertiary/aromatic N) is 4. The van der Waals surface area contributed by atoms with Gasteiger partial charge in [-0.15, -0.1) is 0 Å². The van der Waals surface area contributed by atoms with Gasteiger partial charge in [-0.25, -0.2) is 14.8 Å². The number of amides is 2. The predicted octanol–water partition coefficient (Wildman–Crippen LogP) is 3.87. The highest BCUT2D eigenvalue weighted by molar-refractivity contribution is 5.95. The molecule has 2 aliphatic heterocycles. The molecular weight excluding hydrogens is 522 g/mol. The fraction of sp³-hybridized carbons (Fsp3) is 0.400. The van der Waals surface area contributed by atoms with Gasteiger partial charge in [-0.3, -0.25) is 4.79 Å². The normalized spacial score (nSPS) is 17.6. The van der Waals surface area contributed by atoms with Crippen LogP contribution in [-0.4, -0.2) is 84.4 Å². The van der Waals surface area contributed by atoms with Crippen LogP contribution in [0, 0.1) is 0 Å². The fourth-order valence-electron chi connectivity index (χ4n) is 4.66. The van der Waals surface area contributed by atoms with Gasteiger partial charge in [-0.2, -0.15) is 0 Å². The number of carbonyl (C=O) groups excluding carboxylic acids is 2. The quantitative estimate of drug-likeness (QED) is 0.413. The zero-order valence-electron chi connectivity index (χ0n) is 23.7. The maximum Gasteiger partial charge on any atom is 0.410 e. The summed E-state index contributed by atoms with van der Waals surface area (Å²) in [7, 11) is 0. The van der Waals surface area contributed by atoms with E-state index >= 15 is 0 Å². The molecule has 216 valence electrons. The van der Waals surface area contributed by atoms with Gasteiger partial charge < -0.3 is 35.2 Å². The second-order valence-corrected chi connectivity index (χ2v) is 11.0. The molecule has 41 heavy (non-hydrogen) atoms. The van der Waals surface area contributed by atoms with Crippen LogP contribution in [-0.2, 0) is 14.3 Å². The molecule has 2 fully saturated rings. The van der Waals surface area contributed by atoms with E-state index < -0.39 is 17.7 Å². The summed E-state index contributed by atoms with van der Waals surface area (Å²) < 4.78 is 10.9. The Morgan fingerprint density at radius 3 is 2.39 bits per heavy atom. The first-order valence-corrected chi connectivity index (χ1v) is 13.9. The molecule has 1 aromatic heterocycles. The van der Waals surface area contributed by atoms with Crippen LogP contribution in [0.4, 0.5) is 27.8 Å². The number of piperazine rings is 1. The first kappa shape index (κ1) is 28.3. The molecule has 2 aliphatic rings. The molecule has 3 heterocycles. The van der Waals surface area contributed by atoms with Crippen molar-refractivity contribution in [2.75, 3.05) is 61.5 Å². The Labute approximate surface area is 240 Å². The van der Waals surface area contributed by atoms with Crippen LogP contribution in [0.3, 0.4) is 0 Å². The van der Waals surface area contributed by atoms with Crippen LogP contribution < -0.4 is 20.9 Å². The van der Waals surface area contributed by atoms with Crippen molar-refractivity contribution in [3.05, 3.63) is 60.8 Å². The molecule has 3 N–H and O–H groups in total. The predicted molar refractivity (Wildman–Crippen MR) is 158 cm³/mol. The number of ether oxygens (including phenoxy) is 2. The number of hydrogen-bond donors (Lipinski definition) is 3. The Kier molecular flexibility index (Phi) is 8.65. The lowest BCUT2D eigenvalue weighted by atomic mass is 10.1. The van der Waals surface area contributed by atoms with E-state index in [1.54, 1.807) is 11.1 Å². The molecule has 11 heteroatoms. The number of nitrogens with one attached hydrogen (secondary N) is 3. The summed E-state index contributed by atoms with van der Waals surface area (Å²) in [4.78, 5) is 38.3. The number of morpholine rings is 1. The van der Waals surface area contributed by atoms with Gasteiger partial charge in [0.05, 0.1) is 18.9 Å². The van der Waals surface area contributed by atoms with Crippen molar-refractivity contribution in [3.63, 3.8) is 0 Å². The van der Waals surface area contributed by atoms with Crippen molar-refractivity contribution in [3.8, 4) is 11.3 Å². The molecule has 0 aliphatic carbocycles. The number of carbonyl (C=O) groups is 2. The highest BCUT2D eigenvalue weighted by Gasteiger charge is 2.30. The molecule has 11 nitrogen and oxygen atoms in total. The van der Waals surface area contributed by atoms with E-state index in [-0.39, 0.29) is 12.5 Å². The van der Waals surface area contributed by atoms with Crippen LogP contribution in [0.15, 0.2) is 60.8 Å². The zero-order chi connectivity index (χ0) is 28.8. The van der Waals surface area contributed by atoms with E-state index in [1.807, 2.05) is 63.2 Å². The van der Waals surface area contributed by atoms with Crippen LogP contribution in [0.25, 0.3) is 11.3 Å². The molecule has 0 unspecified atom stereocenters. The van der Waals surface area contributed by atoms with Gasteiger partial charge in [0.2, 0.25) is 11.9 Å². The van der Waals surface area contributed by atoms with E-state index in [2.05, 4.69) is 43.0 Å². The number of anilines is 4. The lowest BCUT2D eigenvalue weighted by Crippen LogP contribution is -2.57. The summed E-state index contributed by atoms with van der Waals surface area (Å²) in [5, 5.41) is 9.39. The van der Waals surface area contributed by atoms with Gasteiger partial charge in [0.15, 0.2) is 0 Å². The molecule has 2 aromatic carbocycles. The van der Waals surface area contributed by atoms with Gasteiger partial charge in [-0.05, 0) is 63.2 Å². The summed E-state index contributed by atoms with van der Waals surface area (Å²) in [5.41, 5.74) is 3.79. The number of benzene rings is 2. The number of rotatable bonds is 6. The Hall–Kier alpha value is -4.22. The van der Waals surface area contributed by atoms with E-state index in [4.69, 9.17) is 9.47 Å². The van der Waals surface area contributed by atoms with Crippen molar-refractivity contribution in [2.45, 2.75) is 32.4 Å². The Morgan fingerprint density at radius 2 is 1.68 bits per heavy atom. The van der Waals surface area contributed by atoms with E-state index in [0.29, 0.717) is 24.7 Å². The van der Waals surface area contributed by atoms with Crippen LogP contribution in [0.2, 0.25) is 0 Å². The Morgan fingerprint density at radius 1 is 0.976 bits per heavy atom. The highest BCUT2D eigenvalue weighted by Crippen LogP contribution is 2.24. The zero-order valence-corrected chi connectivity index (χ0v) is 23.7. The van der Waals surface area contributed by atoms with Gasteiger partial charge in [0, 0.05) is 61.5 Å². The Balaban J connectivity index is 1.17. The van der Waals surface area contributed by atoms with Crippen molar-refractivity contribution >= 4 is 35.0 Å². The molecule has 0 bridgehead atoms. The third-order valence-corrected chi connectivity index (χ3v) is 6.75. The smallest absolute Gasteiger partial charge is 0.410 e. The number of hydrogen-bond acceptors (Lipinski definition) is 9. The standard InChI is InChI=1S/C30H37N7O4/c1-30(2,3)41-29(39)37-15-14-31-26(20-37)27(38)33-22-6-4-21(5-7-22)25-12-13-32-28(35-25)34-23-8-10-24(11-9-23)36-16-18-40-19-17-36/h4-13,26,31H,14-20H2,1-3H3,(H,33,38)(H,32,34,35)/t26-/m1/s1. The summed E-state index contributed by atoms with van der Waals surface area (Å²) >= 11 is 0. The molecule has 1 atom stereocenters. The summed E-state index contributed by atoms with van der Waals surface area (Å²) in [6, 6.07) is 17.0. The second-order valence-electron chi connectivity index (χ2n) is 11.0. The minimum atomic E-state index is -0.587. The van der Waals surface area contributed by atoms with Crippen molar-refractivity contribution < 1.29 is 19.1 Å². The van der Waals surface area contributed by atoms with Gasteiger partial charge in [0.25, 0.3) is 0 Å². The molecule has 3 aromatic rings. The third kappa shape index (κ3) is 7.71. The van der Waals surface area contributed by atoms with E-state index in [0.717, 1.165) is 43.2 Å². The lowest BCUT2D eigenvalue weighted by Gasteiger charge is -2.34. The lowest BCUT2D eigenvalue weighted by molar-refractivity contribution is -0.119. The molecule has 2 saturated heterocycles. The van der Waals surface area contributed by atoms with Crippen molar-refractivity contribution in [1.29, 1.82) is 0 Å². The average Bonchev–Trinajstić information content (AvgIpc) is 2.98. The molecular formula is C30H37N7O4. The monoisotopic (exact) mass is 559 g/mol. The van der Waals surface area contributed by atoms with Gasteiger partial charge >= 0.3 is 6.09 Å². The first-order valence-electron chi connectivity index (χ1n) is 13.9.